The predicted molar refractivity (Wildman–Crippen MR) is 105 cm³/mol. The van der Waals surface area contributed by atoms with E-state index >= 15 is 0 Å². The van der Waals surface area contributed by atoms with Gasteiger partial charge in [0, 0.05) is 12.3 Å². The van der Waals surface area contributed by atoms with Crippen LogP contribution in [0.4, 0.5) is 11.6 Å². The van der Waals surface area contributed by atoms with Crippen molar-refractivity contribution in [3.63, 3.8) is 0 Å². The lowest BCUT2D eigenvalue weighted by atomic mass is 10.2. The van der Waals surface area contributed by atoms with E-state index in [1.165, 1.54) is 10.7 Å². The van der Waals surface area contributed by atoms with Crippen LogP contribution >= 0.6 is 0 Å². The largest absolute Gasteiger partial charge is 0.494 e. The molecule has 1 aromatic carbocycles. The summed E-state index contributed by atoms with van der Waals surface area (Å²) < 4.78 is 8.64. The maximum absolute atomic E-state index is 12.9. The van der Waals surface area contributed by atoms with Gasteiger partial charge in [-0.2, -0.15) is 10.2 Å². The summed E-state index contributed by atoms with van der Waals surface area (Å²) >= 11 is 0. The number of anilines is 2. The van der Waals surface area contributed by atoms with Crippen molar-refractivity contribution in [1.29, 1.82) is 0 Å². The molecule has 0 saturated heterocycles. The van der Waals surface area contributed by atoms with E-state index in [1.54, 1.807) is 30.1 Å². The van der Waals surface area contributed by atoms with E-state index in [0.717, 1.165) is 16.9 Å². The second-order valence-corrected chi connectivity index (χ2v) is 6.34. The van der Waals surface area contributed by atoms with Crippen molar-refractivity contribution in [2.24, 2.45) is 0 Å². The number of carbonyl (C=O) groups excluding carboxylic acids is 1. The Morgan fingerprint density at radius 3 is 2.86 bits per heavy atom. The molecule has 0 spiro atoms. The van der Waals surface area contributed by atoms with Gasteiger partial charge in [0.05, 0.1) is 19.0 Å². The van der Waals surface area contributed by atoms with Crippen LogP contribution in [0.25, 0.3) is 11.3 Å². The number of nitrogens with zero attached hydrogens (tertiary/aromatic N) is 5. The fourth-order valence-corrected chi connectivity index (χ4v) is 3.05. The normalized spacial score (nSPS) is 11.0. The Hall–Kier alpha value is -3.88. The van der Waals surface area contributed by atoms with Crippen LogP contribution in [0.2, 0.25) is 0 Å². The Labute approximate surface area is 160 Å². The fraction of sp³-hybridized carbons (Fsp3) is 0.158. The van der Waals surface area contributed by atoms with E-state index < -0.39 is 0 Å². The molecule has 0 aliphatic rings. The average Bonchev–Trinajstić information content (AvgIpc) is 3.24. The van der Waals surface area contributed by atoms with Gasteiger partial charge in [-0.3, -0.25) is 4.79 Å². The molecule has 4 aromatic rings. The molecule has 0 unspecified atom stereocenters. The van der Waals surface area contributed by atoms with Crippen molar-refractivity contribution >= 4 is 23.2 Å². The van der Waals surface area contributed by atoms with Crippen molar-refractivity contribution in [1.82, 2.24) is 24.4 Å². The molecule has 3 aromatic heterocycles. The number of nitrogen functional groups attached to an aromatic ring is 1. The Morgan fingerprint density at radius 1 is 1.25 bits per heavy atom. The van der Waals surface area contributed by atoms with E-state index in [9.17, 15) is 4.79 Å². The number of hydrogen-bond donors (Lipinski definition) is 2. The van der Waals surface area contributed by atoms with Gasteiger partial charge in [0.1, 0.15) is 28.6 Å². The number of aryl methyl sites for hydroxylation is 2. The highest BCUT2D eigenvalue weighted by molar-refractivity contribution is 6.08. The molecule has 3 heterocycles. The summed E-state index contributed by atoms with van der Waals surface area (Å²) in [6.07, 6.45) is 3.11. The molecule has 9 nitrogen and oxygen atoms in total. The summed E-state index contributed by atoms with van der Waals surface area (Å²) in [7, 11) is 1.60. The number of amides is 1. The average molecular weight is 377 g/mol. The Bertz CT molecular complexity index is 1190. The van der Waals surface area contributed by atoms with Crippen molar-refractivity contribution < 1.29 is 9.53 Å². The van der Waals surface area contributed by atoms with E-state index in [1.807, 2.05) is 32.0 Å². The summed E-state index contributed by atoms with van der Waals surface area (Å²) in [5, 5.41) is 11.6. The lowest BCUT2D eigenvalue weighted by Gasteiger charge is -2.14. The summed E-state index contributed by atoms with van der Waals surface area (Å²) in [4.78, 5) is 17.1. The number of carbonyl (C=O) groups is 1. The van der Waals surface area contributed by atoms with Gasteiger partial charge in [0.25, 0.3) is 5.91 Å². The number of ether oxygens (including phenoxy) is 1. The second-order valence-electron chi connectivity index (χ2n) is 6.34. The Balaban J connectivity index is 1.76. The summed E-state index contributed by atoms with van der Waals surface area (Å²) in [6, 6.07) is 9.12. The zero-order valence-electron chi connectivity index (χ0n) is 15.7. The number of nitrogens with two attached hydrogens (primary N) is 1. The maximum atomic E-state index is 12.9. The minimum Gasteiger partial charge on any atom is -0.494 e. The van der Waals surface area contributed by atoms with Gasteiger partial charge in [-0.05, 0) is 31.5 Å². The molecular formula is C19H19N7O2. The number of para-hydroxylation sites is 1. The van der Waals surface area contributed by atoms with Crippen molar-refractivity contribution in [3.05, 3.63) is 59.5 Å². The molecule has 0 bridgehead atoms. The molecule has 0 atom stereocenters. The van der Waals surface area contributed by atoms with E-state index in [-0.39, 0.29) is 5.91 Å². The summed E-state index contributed by atoms with van der Waals surface area (Å²) in [5.74, 6) is 1.12. The maximum Gasteiger partial charge on any atom is 0.262 e. The van der Waals surface area contributed by atoms with Crippen LogP contribution in [0.1, 0.15) is 21.6 Å². The fourth-order valence-electron chi connectivity index (χ4n) is 3.05. The second kappa shape index (κ2) is 6.69. The molecule has 28 heavy (non-hydrogen) atoms. The van der Waals surface area contributed by atoms with Crippen molar-refractivity contribution in [2.45, 2.75) is 13.8 Å². The van der Waals surface area contributed by atoms with Crippen LogP contribution in [0.3, 0.4) is 0 Å². The lowest BCUT2D eigenvalue weighted by molar-refractivity contribution is 0.102. The molecule has 0 aliphatic heterocycles. The number of rotatable bonds is 4. The van der Waals surface area contributed by atoms with Crippen molar-refractivity contribution in [3.8, 4) is 11.4 Å². The number of benzene rings is 1. The molecule has 4 rings (SSSR count). The molecular weight excluding hydrogens is 358 g/mol. The molecule has 3 N–H and O–H groups in total. The van der Waals surface area contributed by atoms with Gasteiger partial charge in [0.2, 0.25) is 0 Å². The van der Waals surface area contributed by atoms with Crippen LogP contribution in [-0.2, 0) is 0 Å². The van der Waals surface area contributed by atoms with Gasteiger partial charge in [0.15, 0.2) is 5.65 Å². The van der Waals surface area contributed by atoms with Crippen LogP contribution in [0.15, 0.2) is 42.7 Å². The third-order valence-electron chi connectivity index (χ3n) is 4.34. The van der Waals surface area contributed by atoms with Gasteiger partial charge < -0.3 is 15.8 Å². The molecule has 0 saturated carbocycles. The summed E-state index contributed by atoms with van der Waals surface area (Å²) in [6.45, 7) is 3.81. The summed E-state index contributed by atoms with van der Waals surface area (Å²) in [5.41, 5.74) is 8.92. The number of methoxy groups -OCH3 is 1. The zero-order valence-corrected chi connectivity index (χ0v) is 15.7. The zero-order chi connectivity index (χ0) is 19.8. The molecule has 0 aliphatic carbocycles. The van der Waals surface area contributed by atoms with Gasteiger partial charge in [-0.25, -0.2) is 14.2 Å². The van der Waals surface area contributed by atoms with E-state index in [0.29, 0.717) is 28.6 Å². The highest BCUT2D eigenvalue weighted by Gasteiger charge is 2.19. The number of hydrogen-bond acceptors (Lipinski definition) is 6. The molecule has 1 amide bonds. The number of aromatic nitrogens is 5. The first-order valence-electron chi connectivity index (χ1n) is 8.60. The molecule has 142 valence electrons. The topological polar surface area (TPSA) is 112 Å². The molecule has 0 radical (unpaired) electrons. The van der Waals surface area contributed by atoms with E-state index in [2.05, 4.69) is 20.5 Å². The Morgan fingerprint density at radius 2 is 2.07 bits per heavy atom. The SMILES string of the molecule is COc1cccc(C)c1-n1nc(C)cc1NC(=O)c1cnn2ccc(N)nc12. The predicted octanol–water partition coefficient (Wildman–Crippen LogP) is 2.37. The minimum absolute atomic E-state index is 0.313. The molecule has 9 heteroatoms. The van der Waals surface area contributed by atoms with Crippen LogP contribution in [-0.4, -0.2) is 37.4 Å². The third kappa shape index (κ3) is 2.92. The van der Waals surface area contributed by atoms with Gasteiger partial charge in [-0.15, -0.1) is 0 Å². The standard InChI is InChI=1S/C19H19N7O2/c1-11-5-4-6-14(28-3)17(11)26-16(9-12(2)24-26)23-19(27)13-10-21-25-8-7-15(20)22-18(13)25/h4-10H,1-3H3,(H2,20,22)(H,23,27). The van der Waals surface area contributed by atoms with Gasteiger partial charge in [-0.1, -0.05) is 12.1 Å². The van der Waals surface area contributed by atoms with Crippen LogP contribution < -0.4 is 15.8 Å². The molecule has 0 fully saturated rings. The van der Waals surface area contributed by atoms with Crippen LogP contribution in [0.5, 0.6) is 5.75 Å². The Kier molecular flexibility index (Phi) is 4.19. The van der Waals surface area contributed by atoms with Crippen LogP contribution in [0, 0.1) is 13.8 Å². The first kappa shape index (κ1) is 17.5. The van der Waals surface area contributed by atoms with Crippen molar-refractivity contribution in [2.75, 3.05) is 18.2 Å². The first-order chi connectivity index (χ1) is 13.5. The number of fused-ring (bicyclic) bond motifs is 1. The minimum atomic E-state index is -0.359. The highest BCUT2D eigenvalue weighted by atomic mass is 16.5. The van der Waals surface area contributed by atoms with Gasteiger partial charge >= 0.3 is 0 Å². The third-order valence-corrected chi connectivity index (χ3v) is 4.34. The quantitative estimate of drug-likeness (QED) is 0.565. The highest BCUT2D eigenvalue weighted by Crippen LogP contribution is 2.29. The monoisotopic (exact) mass is 377 g/mol. The first-order valence-corrected chi connectivity index (χ1v) is 8.60. The number of nitrogens with one attached hydrogen (secondary N) is 1. The van der Waals surface area contributed by atoms with E-state index in [4.69, 9.17) is 10.5 Å². The lowest BCUT2D eigenvalue weighted by Crippen LogP contribution is -2.16. The smallest absolute Gasteiger partial charge is 0.262 e.